The molecule has 2 aromatic rings. The van der Waals surface area contributed by atoms with Crippen molar-refractivity contribution in [1.82, 2.24) is 9.97 Å². The molecule has 1 aromatic heterocycles. The topological polar surface area (TPSA) is 58.3 Å². The standard InChI is InChI=1S/C18H27N5/c1-3-22(4-2)18-20-16-8-6-5-7-15(16)17(21-18)23-11-9-14(13-19)10-12-23/h5-8,14H,3-4,9-13,19H2,1-2H3. The van der Waals surface area contributed by atoms with E-state index in [1.165, 1.54) is 0 Å². The van der Waals surface area contributed by atoms with Crippen LogP contribution in [0, 0.1) is 5.92 Å². The predicted molar refractivity (Wildman–Crippen MR) is 97.1 cm³/mol. The molecule has 2 heterocycles. The number of benzene rings is 1. The average Bonchev–Trinajstić information content (AvgIpc) is 2.62. The summed E-state index contributed by atoms with van der Waals surface area (Å²) in [4.78, 5) is 14.3. The first-order chi connectivity index (χ1) is 11.3. The second kappa shape index (κ2) is 7.13. The number of rotatable bonds is 5. The van der Waals surface area contributed by atoms with Gasteiger partial charge in [-0.3, -0.25) is 0 Å². The molecule has 1 aliphatic rings. The summed E-state index contributed by atoms with van der Waals surface area (Å²) in [5.41, 5.74) is 6.86. The summed E-state index contributed by atoms with van der Waals surface area (Å²) in [5, 5.41) is 1.15. The number of nitrogens with zero attached hydrogens (tertiary/aromatic N) is 4. The van der Waals surface area contributed by atoms with Gasteiger partial charge < -0.3 is 15.5 Å². The number of hydrogen-bond donors (Lipinski definition) is 1. The van der Waals surface area contributed by atoms with Crippen LogP contribution in [0.15, 0.2) is 24.3 Å². The Morgan fingerprint density at radius 1 is 1.13 bits per heavy atom. The molecule has 124 valence electrons. The van der Waals surface area contributed by atoms with Gasteiger partial charge in [0.2, 0.25) is 5.95 Å². The third kappa shape index (κ3) is 3.24. The molecule has 0 aliphatic carbocycles. The van der Waals surface area contributed by atoms with E-state index in [2.05, 4.69) is 41.8 Å². The Hall–Kier alpha value is -1.88. The number of anilines is 2. The number of fused-ring (bicyclic) bond motifs is 1. The second-order valence-electron chi connectivity index (χ2n) is 6.20. The van der Waals surface area contributed by atoms with E-state index in [1.807, 2.05) is 6.07 Å². The highest BCUT2D eigenvalue weighted by Crippen LogP contribution is 2.29. The molecule has 0 amide bonds. The van der Waals surface area contributed by atoms with E-state index in [0.717, 1.165) is 68.2 Å². The van der Waals surface area contributed by atoms with Gasteiger partial charge in [-0.25, -0.2) is 4.98 Å². The first kappa shape index (κ1) is 16.0. The Balaban J connectivity index is 2.00. The van der Waals surface area contributed by atoms with Gasteiger partial charge in [0.05, 0.1) is 5.52 Å². The van der Waals surface area contributed by atoms with Gasteiger partial charge in [0, 0.05) is 31.6 Å². The minimum Gasteiger partial charge on any atom is -0.356 e. The minimum atomic E-state index is 0.654. The first-order valence-electron chi connectivity index (χ1n) is 8.73. The molecule has 1 aromatic carbocycles. The van der Waals surface area contributed by atoms with Crippen LogP contribution >= 0.6 is 0 Å². The molecule has 1 saturated heterocycles. The first-order valence-corrected chi connectivity index (χ1v) is 8.73. The van der Waals surface area contributed by atoms with Gasteiger partial charge in [0.1, 0.15) is 5.82 Å². The Kier molecular flexibility index (Phi) is 4.96. The Labute approximate surface area is 138 Å². The molecule has 23 heavy (non-hydrogen) atoms. The highest BCUT2D eigenvalue weighted by molar-refractivity contribution is 5.90. The molecule has 1 fully saturated rings. The molecule has 0 saturated carbocycles. The van der Waals surface area contributed by atoms with Crippen molar-refractivity contribution in [2.75, 3.05) is 42.5 Å². The van der Waals surface area contributed by atoms with Crippen molar-refractivity contribution in [2.45, 2.75) is 26.7 Å². The largest absolute Gasteiger partial charge is 0.356 e. The number of para-hydroxylation sites is 1. The summed E-state index contributed by atoms with van der Waals surface area (Å²) >= 11 is 0. The zero-order chi connectivity index (χ0) is 16.2. The van der Waals surface area contributed by atoms with Crippen LogP contribution in [0.4, 0.5) is 11.8 Å². The summed E-state index contributed by atoms with van der Waals surface area (Å²) in [6.45, 7) is 8.99. The van der Waals surface area contributed by atoms with E-state index in [4.69, 9.17) is 15.7 Å². The minimum absolute atomic E-state index is 0.654. The fraction of sp³-hybridized carbons (Fsp3) is 0.556. The van der Waals surface area contributed by atoms with Crippen LogP contribution in [-0.2, 0) is 0 Å². The molecular formula is C18H27N5. The summed E-state index contributed by atoms with van der Waals surface area (Å²) in [6, 6.07) is 8.33. The molecule has 1 aliphatic heterocycles. The highest BCUT2D eigenvalue weighted by atomic mass is 15.3. The van der Waals surface area contributed by atoms with E-state index in [1.54, 1.807) is 0 Å². The van der Waals surface area contributed by atoms with Gasteiger partial charge in [-0.2, -0.15) is 4.98 Å². The normalized spacial score (nSPS) is 16.0. The van der Waals surface area contributed by atoms with E-state index >= 15 is 0 Å². The van der Waals surface area contributed by atoms with Crippen molar-refractivity contribution in [3.63, 3.8) is 0 Å². The number of piperidine rings is 1. The van der Waals surface area contributed by atoms with Crippen molar-refractivity contribution in [1.29, 1.82) is 0 Å². The van der Waals surface area contributed by atoms with Gasteiger partial charge in [-0.05, 0) is 51.3 Å². The number of hydrogen-bond acceptors (Lipinski definition) is 5. The lowest BCUT2D eigenvalue weighted by molar-refractivity contribution is 0.413. The van der Waals surface area contributed by atoms with Crippen LogP contribution in [0.2, 0.25) is 0 Å². The second-order valence-corrected chi connectivity index (χ2v) is 6.20. The van der Waals surface area contributed by atoms with Gasteiger partial charge in [0.25, 0.3) is 0 Å². The Bertz CT molecular complexity index is 645. The Morgan fingerprint density at radius 3 is 2.48 bits per heavy atom. The molecule has 0 bridgehead atoms. The zero-order valence-corrected chi connectivity index (χ0v) is 14.2. The molecule has 0 unspecified atom stereocenters. The van der Waals surface area contributed by atoms with Gasteiger partial charge in [0.15, 0.2) is 0 Å². The molecule has 3 rings (SSSR count). The van der Waals surface area contributed by atoms with Crippen molar-refractivity contribution in [2.24, 2.45) is 11.7 Å². The SMILES string of the molecule is CCN(CC)c1nc(N2CCC(CN)CC2)c2ccccc2n1. The Morgan fingerprint density at radius 2 is 1.83 bits per heavy atom. The lowest BCUT2D eigenvalue weighted by Gasteiger charge is -2.33. The lowest BCUT2D eigenvalue weighted by atomic mass is 9.97. The fourth-order valence-corrected chi connectivity index (χ4v) is 3.32. The smallest absolute Gasteiger partial charge is 0.227 e. The maximum atomic E-state index is 5.83. The molecule has 2 N–H and O–H groups in total. The summed E-state index contributed by atoms with van der Waals surface area (Å²) in [7, 11) is 0. The van der Waals surface area contributed by atoms with E-state index in [-0.39, 0.29) is 0 Å². The summed E-state index contributed by atoms with van der Waals surface area (Å²) in [6.07, 6.45) is 2.30. The van der Waals surface area contributed by atoms with Crippen molar-refractivity contribution >= 4 is 22.7 Å². The van der Waals surface area contributed by atoms with E-state index < -0.39 is 0 Å². The number of nitrogens with two attached hydrogens (primary N) is 1. The van der Waals surface area contributed by atoms with Crippen LogP contribution in [0.1, 0.15) is 26.7 Å². The lowest BCUT2D eigenvalue weighted by Crippen LogP contribution is -2.37. The molecule has 0 spiro atoms. The van der Waals surface area contributed by atoms with Gasteiger partial charge >= 0.3 is 0 Å². The molecule has 0 atom stereocenters. The maximum Gasteiger partial charge on any atom is 0.227 e. The third-order valence-electron chi connectivity index (χ3n) is 4.86. The number of aromatic nitrogens is 2. The van der Waals surface area contributed by atoms with Crippen molar-refractivity contribution in [3.05, 3.63) is 24.3 Å². The van der Waals surface area contributed by atoms with Crippen LogP contribution < -0.4 is 15.5 Å². The molecule has 5 heteroatoms. The van der Waals surface area contributed by atoms with Crippen LogP contribution in [0.5, 0.6) is 0 Å². The van der Waals surface area contributed by atoms with Crippen LogP contribution in [-0.4, -0.2) is 42.7 Å². The van der Waals surface area contributed by atoms with Crippen LogP contribution in [0.3, 0.4) is 0 Å². The van der Waals surface area contributed by atoms with Gasteiger partial charge in [-0.15, -0.1) is 0 Å². The molecule has 0 radical (unpaired) electrons. The monoisotopic (exact) mass is 313 g/mol. The summed E-state index contributed by atoms with van der Waals surface area (Å²) in [5.74, 6) is 2.57. The zero-order valence-electron chi connectivity index (χ0n) is 14.2. The third-order valence-corrected chi connectivity index (χ3v) is 4.86. The molecular weight excluding hydrogens is 286 g/mol. The highest BCUT2D eigenvalue weighted by Gasteiger charge is 2.22. The van der Waals surface area contributed by atoms with Gasteiger partial charge in [-0.1, -0.05) is 12.1 Å². The summed E-state index contributed by atoms with van der Waals surface area (Å²) < 4.78 is 0. The maximum absolute atomic E-state index is 5.83. The predicted octanol–water partition coefficient (Wildman–Crippen LogP) is 2.65. The van der Waals surface area contributed by atoms with Crippen molar-refractivity contribution in [3.8, 4) is 0 Å². The average molecular weight is 313 g/mol. The van der Waals surface area contributed by atoms with Crippen molar-refractivity contribution < 1.29 is 0 Å². The van der Waals surface area contributed by atoms with Crippen LogP contribution in [0.25, 0.3) is 10.9 Å². The molecule has 5 nitrogen and oxygen atoms in total. The van der Waals surface area contributed by atoms with E-state index in [9.17, 15) is 0 Å². The quantitative estimate of drug-likeness (QED) is 0.919. The van der Waals surface area contributed by atoms with E-state index in [0.29, 0.717) is 5.92 Å². The fourth-order valence-electron chi connectivity index (χ4n) is 3.32.